The average Bonchev–Trinajstić information content (AvgIpc) is 2.57. The molecule has 1 atom stereocenters. The Morgan fingerprint density at radius 3 is 2.75 bits per heavy atom. The van der Waals surface area contributed by atoms with Gasteiger partial charge in [0.1, 0.15) is 5.60 Å². The van der Waals surface area contributed by atoms with Crippen molar-refractivity contribution in [3.63, 3.8) is 0 Å². The van der Waals surface area contributed by atoms with Crippen molar-refractivity contribution in [1.29, 1.82) is 0 Å². The van der Waals surface area contributed by atoms with E-state index in [1.54, 1.807) is 13.1 Å². The van der Waals surface area contributed by atoms with Gasteiger partial charge in [0.15, 0.2) is 0 Å². The summed E-state index contributed by atoms with van der Waals surface area (Å²) in [4.78, 5) is 0. The van der Waals surface area contributed by atoms with Crippen LogP contribution in [0.15, 0.2) is 10.7 Å². The first-order valence-corrected chi connectivity index (χ1v) is 6.35. The Labute approximate surface area is 105 Å². The molecule has 0 aromatic carbocycles. The molecule has 1 aromatic rings. The maximum absolute atomic E-state index is 10.5. The lowest BCUT2D eigenvalue weighted by Gasteiger charge is -2.26. The number of rotatable bonds is 5. The predicted octanol–water partition coefficient (Wildman–Crippen LogP) is 1.87. The highest BCUT2D eigenvalue weighted by Crippen LogP contribution is 2.27. The van der Waals surface area contributed by atoms with Gasteiger partial charge < -0.3 is 10.4 Å². The molecule has 0 amide bonds. The van der Waals surface area contributed by atoms with Crippen molar-refractivity contribution in [3.05, 3.63) is 16.4 Å². The lowest BCUT2D eigenvalue weighted by molar-refractivity contribution is 0.0449. The second kappa shape index (κ2) is 5.29. The van der Waals surface area contributed by atoms with E-state index in [4.69, 9.17) is 0 Å². The normalized spacial score (nSPS) is 15.4. The third-order valence-electron chi connectivity index (χ3n) is 2.46. The van der Waals surface area contributed by atoms with E-state index < -0.39 is 5.60 Å². The van der Waals surface area contributed by atoms with Crippen molar-refractivity contribution in [2.75, 3.05) is 6.54 Å². The van der Waals surface area contributed by atoms with Crippen LogP contribution in [0.4, 0.5) is 0 Å². The highest BCUT2D eigenvalue weighted by atomic mass is 79.9. The topological polar surface area (TPSA) is 50.1 Å². The molecule has 1 rings (SSSR count). The van der Waals surface area contributed by atoms with Gasteiger partial charge in [-0.1, -0.05) is 13.8 Å². The molecule has 1 aromatic heterocycles. The van der Waals surface area contributed by atoms with Crippen LogP contribution in [0, 0.1) is 0 Å². The molecule has 0 radical (unpaired) electrons. The molecule has 0 aliphatic heterocycles. The quantitative estimate of drug-likeness (QED) is 0.870. The Balaban J connectivity index is 2.91. The molecule has 0 saturated carbocycles. The minimum atomic E-state index is -0.921. The van der Waals surface area contributed by atoms with Gasteiger partial charge in [0, 0.05) is 19.1 Å². The van der Waals surface area contributed by atoms with Crippen LogP contribution < -0.4 is 5.32 Å². The summed E-state index contributed by atoms with van der Waals surface area (Å²) in [6, 6.07) is 0.350. The summed E-state index contributed by atoms with van der Waals surface area (Å²) in [7, 11) is 0. The summed E-state index contributed by atoms with van der Waals surface area (Å²) in [5, 5.41) is 17.9. The highest BCUT2D eigenvalue weighted by Gasteiger charge is 2.29. The van der Waals surface area contributed by atoms with Crippen LogP contribution in [0.2, 0.25) is 0 Å². The second-order valence-corrected chi connectivity index (χ2v) is 5.32. The molecular weight excluding hydrogens is 270 g/mol. The molecule has 0 bridgehead atoms. The van der Waals surface area contributed by atoms with Crippen LogP contribution in [-0.2, 0) is 12.1 Å². The molecule has 0 aliphatic rings. The molecule has 0 fully saturated rings. The minimum Gasteiger partial charge on any atom is -0.382 e. The first-order valence-electron chi connectivity index (χ1n) is 5.56. The SMILES string of the molecule is CCn1ncc(Br)c1C(C)(O)CNC(C)C. The van der Waals surface area contributed by atoms with Crippen molar-refractivity contribution >= 4 is 15.9 Å². The number of nitrogens with zero attached hydrogens (tertiary/aromatic N) is 2. The lowest BCUT2D eigenvalue weighted by atomic mass is 10.0. The van der Waals surface area contributed by atoms with Gasteiger partial charge in [0.05, 0.1) is 16.4 Å². The molecule has 5 heteroatoms. The number of aromatic nitrogens is 2. The van der Waals surface area contributed by atoms with E-state index in [-0.39, 0.29) is 0 Å². The van der Waals surface area contributed by atoms with E-state index in [9.17, 15) is 5.11 Å². The van der Waals surface area contributed by atoms with Crippen molar-refractivity contribution in [3.8, 4) is 0 Å². The fourth-order valence-electron chi connectivity index (χ4n) is 1.62. The van der Waals surface area contributed by atoms with Gasteiger partial charge in [-0.3, -0.25) is 4.68 Å². The van der Waals surface area contributed by atoms with E-state index in [1.807, 2.05) is 11.6 Å². The maximum atomic E-state index is 10.5. The van der Waals surface area contributed by atoms with Crippen molar-refractivity contribution in [2.24, 2.45) is 0 Å². The molecule has 1 unspecified atom stereocenters. The summed E-state index contributed by atoms with van der Waals surface area (Å²) >= 11 is 3.43. The summed E-state index contributed by atoms with van der Waals surface area (Å²) in [5.41, 5.74) is -0.0987. The van der Waals surface area contributed by atoms with E-state index in [0.29, 0.717) is 12.6 Å². The fraction of sp³-hybridized carbons (Fsp3) is 0.727. The summed E-state index contributed by atoms with van der Waals surface area (Å²) < 4.78 is 2.66. The zero-order chi connectivity index (χ0) is 12.3. The molecule has 4 nitrogen and oxygen atoms in total. The smallest absolute Gasteiger partial charge is 0.117 e. The standard InChI is InChI=1S/C11H20BrN3O/c1-5-15-10(9(12)6-14-15)11(4,16)7-13-8(2)3/h6,8,13,16H,5,7H2,1-4H3. The van der Waals surface area contributed by atoms with Gasteiger partial charge >= 0.3 is 0 Å². The monoisotopic (exact) mass is 289 g/mol. The van der Waals surface area contributed by atoms with E-state index in [2.05, 4.69) is 40.2 Å². The van der Waals surface area contributed by atoms with Crippen molar-refractivity contribution in [2.45, 2.75) is 45.9 Å². The Bertz CT molecular complexity index is 347. The number of aliphatic hydroxyl groups is 1. The van der Waals surface area contributed by atoms with Crippen LogP contribution >= 0.6 is 15.9 Å². The predicted molar refractivity (Wildman–Crippen MR) is 68.3 cm³/mol. The molecule has 0 aliphatic carbocycles. The maximum Gasteiger partial charge on any atom is 0.117 e. The third kappa shape index (κ3) is 3.06. The van der Waals surface area contributed by atoms with Gasteiger partial charge in [0.25, 0.3) is 0 Å². The molecule has 16 heavy (non-hydrogen) atoms. The average molecular weight is 290 g/mol. The van der Waals surface area contributed by atoms with Crippen LogP contribution in [0.25, 0.3) is 0 Å². The Kier molecular flexibility index (Phi) is 4.52. The zero-order valence-electron chi connectivity index (χ0n) is 10.3. The Morgan fingerprint density at radius 1 is 1.62 bits per heavy atom. The zero-order valence-corrected chi connectivity index (χ0v) is 11.9. The summed E-state index contributed by atoms with van der Waals surface area (Å²) in [6.45, 7) is 9.18. The van der Waals surface area contributed by atoms with Gasteiger partial charge in [-0.25, -0.2) is 0 Å². The van der Waals surface area contributed by atoms with Gasteiger partial charge in [-0.05, 0) is 29.8 Å². The van der Waals surface area contributed by atoms with E-state index in [0.717, 1.165) is 16.7 Å². The first kappa shape index (κ1) is 13.7. The van der Waals surface area contributed by atoms with Crippen molar-refractivity contribution in [1.82, 2.24) is 15.1 Å². The van der Waals surface area contributed by atoms with E-state index >= 15 is 0 Å². The largest absolute Gasteiger partial charge is 0.382 e. The van der Waals surface area contributed by atoms with Crippen molar-refractivity contribution < 1.29 is 5.11 Å². The summed E-state index contributed by atoms with van der Waals surface area (Å²) in [5.74, 6) is 0. The third-order valence-corrected chi connectivity index (χ3v) is 3.04. The van der Waals surface area contributed by atoms with Crippen LogP contribution in [0.1, 0.15) is 33.4 Å². The Morgan fingerprint density at radius 2 is 2.25 bits per heavy atom. The van der Waals surface area contributed by atoms with Crippen LogP contribution in [-0.4, -0.2) is 27.5 Å². The number of nitrogens with one attached hydrogen (secondary N) is 1. The molecule has 0 spiro atoms. The summed E-state index contributed by atoms with van der Waals surface area (Å²) in [6.07, 6.45) is 1.72. The minimum absolute atomic E-state index is 0.350. The molecule has 2 N–H and O–H groups in total. The van der Waals surface area contributed by atoms with Crippen LogP contribution in [0.3, 0.4) is 0 Å². The molecule has 1 heterocycles. The second-order valence-electron chi connectivity index (χ2n) is 4.47. The van der Waals surface area contributed by atoms with Gasteiger partial charge in [0.2, 0.25) is 0 Å². The molecule has 92 valence electrons. The number of hydrogen-bond acceptors (Lipinski definition) is 3. The first-order chi connectivity index (χ1) is 7.38. The van der Waals surface area contributed by atoms with Crippen LogP contribution in [0.5, 0.6) is 0 Å². The fourth-order valence-corrected chi connectivity index (χ4v) is 2.35. The molecule has 0 saturated heterocycles. The van der Waals surface area contributed by atoms with Gasteiger partial charge in [-0.2, -0.15) is 5.10 Å². The highest BCUT2D eigenvalue weighted by molar-refractivity contribution is 9.10. The van der Waals surface area contributed by atoms with E-state index in [1.165, 1.54) is 0 Å². The number of aryl methyl sites for hydroxylation is 1. The van der Waals surface area contributed by atoms with Gasteiger partial charge in [-0.15, -0.1) is 0 Å². The number of halogens is 1. The molecular formula is C11H20BrN3O. The lowest BCUT2D eigenvalue weighted by Crippen LogP contribution is -2.40. The number of hydrogen-bond donors (Lipinski definition) is 2. The Hall–Kier alpha value is -0.390.